The van der Waals surface area contributed by atoms with Crippen molar-refractivity contribution in [2.45, 2.75) is 46.6 Å². The largest absolute Gasteiger partial charge is 0.313 e. The average molecular weight is 226 g/mol. The second-order valence-electron chi connectivity index (χ2n) is 4.33. The third-order valence-electron chi connectivity index (χ3n) is 2.66. The molecule has 0 aliphatic rings. The molecule has 1 unspecified atom stereocenters. The molecule has 1 atom stereocenters. The molecule has 1 heterocycles. The summed E-state index contributed by atoms with van der Waals surface area (Å²) in [6.07, 6.45) is 4.22. The number of hydrogen-bond acceptors (Lipinski definition) is 3. The number of nitrogens with one attached hydrogen (secondary N) is 1. The third kappa shape index (κ3) is 4.31. The molecule has 1 rings (SSSR count). The first-order valence-electron chi connectivity index (χ1n) is 5.78. The van der Waals surface area contributed by atoms with Crippen molar-refractivity contribution in [3.63, 3.8) is 0 Å². The highest BCUT2D eigenvalue weighted by atomic mass is 32.1. The number of aryl methyl sites for hydroxylation is 1. The van der Waals surface area contributed by atoms with Crippen molar-refractivity contribution in [3.8, 4) is 0 Å². The molecule has 0 saturated carbocycles. The van der Waals surface area contributed by atoms with Crippen LogP contribution in [-0.2, 0) is 6.42 Å². The highest BCUT2D eigenvalue weighted by Crippen LogP contribution is 2.11. The number of nitrogens with zero attached hydrogens (tertiary/aromatic N) is 1. The summed E-state index contributed by atoms with van der Waals surface area (Å²) >= 11 is 1.80. The Kier molecular flexibility index (Phi) is 5.26. The Balaban J connectivity index is 2.26. The topological polar surface area (TPSA) is 24.9 Å². The van der Waals surface area contributed by atoms with E-state index in [-0.39, 0.29) is 0 Å². The van der Waals surface area contributed by atoms with Gasteiger partial charge in [0.05, 0.1) is 5.01 Å². The second-order valence-corrected chi connectivity index (χ2v) is 5.65. The highest BCUT2D eigenvalue weighted by Gasteiger charge is 2.09. The number of aromatic nitrogens is 1. The first-order chi connectivity index (χ1) is 7.13. The zero-order chi connectivity index (χ0) is 11.3. The van der Waals surface area contributed by atoms with E-state index >= 15 is 0 Å². The summed E-state index contributed by atoms with van der Waals surface area (Å²) in [5.41, 5.74) is 0. The smallest absolute Gasteiger partial charge is 0.0940 e. The van der Waals surface area contributed by atoms with E-state index < -0.39 is 0 Å². The zero-order valence-corrected chi connectivity index (χ0v) is 11.0. The van der Waals surface area contributed by atoms with Crippen LogP contribution in [-0.4, -0.2) is 17.6 Å². The van der Waals surface area contributed by atoms with Crippen molar-refractivity contribution in [2.24, 2.45) is 5.92 Å². The van der Waals surface area contributed by atoms with E-state index in [9.17, 15) is 0 Å². The fraction of sp³-hybridized carbons (Fsp3) is 0.750. The molecule has 3 heteroatoms. The monoisotopic (exact) mass is 226 g/mol. The van der Waals surface area contributed by atoms with E-state index in [0.29, 0.717) is 12.0 Å². The Morgan fingerprint density at radius 1 is 1.47 bits per heavy atom. The molecule has 0 saturated heterocycles. The molecular formula is C12H22N2S. The van der Waals surface area contributed by atoms with Gasteiger partial charge in [0.1, 0.15) is 0 Å². The molecule has 0 aliphatic carbocycles. The van der Waals surface area contributed by atoms with Gasteiger partial charge in [-0.2, -0.15) is 0 Å². The van der Waals surface area contributed by atoms with Gasteiger partial charge in [0, 0.05) is 30.1 Å². The number of hydrogen-bond donors (Lipinski definition) is 1. The van der Waals surface area contributed by atoms with Crippen LogP contribution in [0.4, 0.5) is 0 Å². The van der Waals surface area contributed by atoms with Crippen LogP contribution in [0.3, 0.4) is 0 Å². The lowest BCUT2D eigenvalue weighted by atomic mass is 10.0. The maximum atomic E-state index is 4.36. The second kappa shape index (κ2) is 6.23. The van der Waals surface area contributed by atoms with Gasteiger partial charge in [-0.25, -0.2) is 4.98 Å². The standard InChI is InChI=1S/C12H22N2S/c1-5-11(9(2)3)13-7-6-12-14-8-10(4)15-12/h8-9,11,13H,5-7H2,1-4H3. The molecule has 0 fully saturated rings. The lowest BCUT2D eigenvalue weighted by molar-refractivity contribution is 0.391. The van der Waals surface area contributed by atoms with E-state index in [0.717, 1.165) is 13.0 Å². The first kappa shape index (κ1) is 12.7. The molecule has 0 bridgehead atoms. The van der Waals surface area contributed by atoms with Crippen LogP contribution in [0.25, 0.3) is 0 Å². The van der Waals surface area contributed by atoms with Gasteiger partial charge in [-0.3, -0.25) is 0 Å². The Bertz CT molecular complexity index is 281. The van der Waals surface area contributed by atoms with E-state index in [1.54, 1.807) is 11.3 Å². The molecule has 1 N–H and O–H groups in total. The lowest BCUT2D eigenvalue weighted by Gasteiger charge is -2.20. The summed E-state index contributed by atoms with van der Waals surface area (Å²) in [5, 5.41) is 4.84. The minimum atomic E-state index is 0.644. The van der Waals surface area contributed by atoms with Crippen LogP contribution >= 0.6 is 11.3 Å². The van der Waals surface area contributed by atoms with Crippen molar-refractivity contribution >= 4 is 11.3 Å². The molecule has 1 aromatic heterocycles. The average Bonchev–Trinajstić information content (AvgIpc) is 2.58. The third-order valence-corrected chi connectivity index (χ3v) is 3.63. The summed E-state index contributed by atoms with van der Waals surface area (Å²) in [4.78, 5) is 5.67. The quantitative estimate of drug-likeness (QED) is 0.806. The van der Waals surface area contributed by atoms with Gasteiger partial charge in [0.15, 0.2) is 0 Å². The normalized spacial score (nSPS) is 13.4. The molecule has 0 aliphatic heterocycles. The molecule has 0 spiro atoms. The maximum absolute atomic E-state index is 4.36. The minimum absolute atomic E-state index is 0.644. The predicted octanol–water partition coefficient (Wildman–Crippen LogP) is 3.02. The van der Waals surface area contributed by atoms with Gasteiger partial charge in [0.25, 0.3) is 0 Å². The van der Waals surface area contributed by atoms with E-state index in [1.807, 2.05) is 6.20 Å². The number of rotatable bonds is 6. The molecule has 0 amide bonds. The van der Waals surface area contributed by atoms with Crippen LogP contribution in [0.1, 0.15) is 37.1 Å². The molecule has 86 valence electrons. The van der Waals surface area contributed by atoms with Gasteiger partial charge in [-0.1, -0.05) is 20.8 Å². The Morgan fingerprint density at radius 2 is 2.20 bits per heavy atom. The molecule has 1 aromatic rings. The van der Waals surface area contributed by atoms with Crippen molar-refractivity contribution < 1.29 is 0 Å². The molecule has 0 radical (unpaired) electrons. The molecule has 2 nitrogen and oxygen atoms in total. The molecular weight excluding hydrogens is 204 g/mol. The SMILES string of the molecule is CCC(NCCc1ncc(C)s1)C(C)C. The van der Waals surface area contributed by atoms with Gasteiger partial charge in [-0.05, 0) is 19.3 Å². The van der Waals surface area contributed by atoms with Crippen LogP contribution in [0.2, 0.25) is 0 Å². The summed E-state index contributed by atoms with van der Waals surface area (Å²) in [6, 6.07) is 0.644. The zero-order valence-electron chi connectivity index (χ0n) is 10.2. The highest BCUT2D eigenvalue weighted by molar-refractivity contribution is 7.11. The molecule has 15 heavy (non-hydrogen) atoms. The Labute approximate surface area is 97.1 Å². The van der Waals surface area contributed by atoms with Crippen molar-refractivity contribution in [2.75, 3.05) is 6.54 Å². The summed E-state index contributed by atoms with van der Waals surface area (Å²) in [6.45, 7) is 9.94. The maximum Gasteiger partial charge on any atom is 0.0940 e. The van der Waals surface area contributed by atoms with Crippen LogP contribution in [0.15, 0.2) is 6.20 Å². The van der Waals surface area contributed by atoms with E-state index in [2.05, 4.69) is 38.0 Å². The predicted molar refractivity (Wildman–Crippen MR) is 67.5 cm³/mol. The van der Waals surface area contributed by atoms with Crippen LogP contribution < -0.4 is 5.32 Å². The summed E-state index contributed by atoms with van der Waals surface area (Å²) < 4.78 is 0. The van der Waals surface area contributed by atoms with Crippen molar-refractivity contribution in [1.82, 2.24) is 10.3 Å². The van der Waals surface area contributed by atoms with Gasteiger partial charge in [-0.15, -0.1) is 11.3 Å². The summed E-state index contributed by atoms with van der Waals surface area (Å²) in [7, 11) is 0. The van der Waals surface area contributed by atoms with E-state index in [4.69, 9.17) is 0 Å². The van der Waals surface area contributed by atoms with E-state index in [1.165, 1.54) is 16.3 Å². The minimum Gasteiger partial charge on any atom is -0.313 e. The fourth-order valence-corrected chi connectivity index (χ4v) is 2.52. The lowest BCUT2D eigenvalue weighted by Crippen LogP contribution is -2.34. The number of thiazole rings is 1. The van der Waals surface area contributed by atoms with Gasteiger partial charge < -0.3 is 5.32 Å². The van der Waals surface area contributed by atoms with Gasteiger partial charge >= 0.3 is 0 Å². The summed E-state index contributed by atoms with van der Waals surface area (Å²) in [5.74, 6) is 0.716. The van der Waals surface area contributed by atoms with Crippen LogP contribution in [0.5, 0.6) is 0 Å². The first-order valence-corrected chi connectivity index (χ1v) is 6.59. The van der Waals surface area contributed by atoms with Crippen LogP contribution in [0, 0.1) is 12.8 Å². The molecule has 0 aromatic carbocycles. The van der Waals surface area contributed by atoms with Gasteiger partial charge in [0.2, 0.25) is 0 Å². The van der Waals surface area contributed by atoms with Crippen molar-refractivity contribution in [3.05, 3.63) is 16.1 Å². The fourth-order valence-electron chi connectivity index (χ4n) is 1.73. The van der Waals surface area contributed by atoms with Crippen molar-refractivity contribution in [1.29, 1.82) is 0 Å². The Hall–Kier alpha value is -0.410. The Morgan fingerprint density at radius 3 is 2.67 bits per heavy atom.